The van der Waals surface area contributed by atoms with Crippen LogP contribution in [0.5, 0.6) is 0 Å². The van der Waals surface area contributed by atoms with E-state index in [1.54, 1.807) is 24.8 Å². The molecule has 0 radical (unpaired) electrons. The van der Waals surface area contributed by atoms with E-state index in [2.05, 4.69) is 63.5 Å². The van der Waals surface area contributed by atoms with Gasteiger partial charge in [0.2, 0.25) is 5.95 Å². The summed E-state index contributed by atoms with van der Waals surface area (Å²) >= 11 is 0. The van der Waals surface area contributed by atoms with Crippen LogP contribution < -0.4 is 10.2 Å². The first-order chi connectivity index (χ1) is 20.0. The average molecular weight is 547 g/mol. The van der Waals surface area contributed by atoms with Crippen LogP contribution >= 0.6 is 0 Å². The van der Waals surface area contributed by atoms with Gasteiger partial charge in [-0.1, -0.05) is 68.3 Å². The van der Waals surface area contributed by atoms with Crippen molar-refractivity contribution >= 4 is 11.9 Å². The number of aromatic nitrogens is 4. The fourth-order valence-corrected chi connectivity index (χ4v) is 6.44. The highest BCUT2D eigenvalue weighted by atomic mass is 16.1. The van der Waals surface area contributed by atoms with Gasteiger partial charge in [0.1, 0.15) is 0 Å². The maximum atomic E-state index is 14.0. The van der Waals surface area contributed by atoms with Crippen molar-refractivity contribution < 1.29 is 4.79 Å². The van der Waals surface area contributed by atoms with Crippen LogP contribution in [0.25, 0.3) is 11.3 Å². The van der Waals surface area contributed by atoms with E-state index < -0.39 is 0 Å². The van der Waals surface area contributed by atoms with E-state index in [1.165, 1.54) is 5.56 Å². The van der Waals surface area contributed by atoms with Crippen LogP contribution in [-0.4, -0.2) is 38.9 Å². The van der Waals surface area contributed by atoms with E-state index >= 15 is 0 Å². The fraction of sp³-hybridized carbons (Fsp3) is 0.382. The molecule has 2 fully saturated rings. The molecule has 2 aromatic carbocycles. The lowest BCUT2D eigenvalue weighted by atomic mass is 9.74. The van der Waals surface area contributed by atoms with Gasteiger partial charge in [-0.15, -0.1) is 0 Å². The van der Waals surface area contributed by atoms with Gasteiger partial charge in [-0.25, -0.2) is 9.97 Å². The molecule has 2 aromatic heterocycles. The molecule has 1 saturated carbocycles. The monoisotopic (exact) mass is 546 g/mol. The third kappa shape index (κ3) is 5.58. The van der Waals surface area contributed by atoms with Gasteiger partial charge in [0.15, 0.2) is 0 Å². The van der Waals surface area contributed by atoms with Gasteiger partial charge < -0.3 is 10.2 Å². The Morgan fingerprint density at radius 1 is 0.976 bits per heavy atom. The summed E-state index contributed by atoms with van der Waals surface area (Å²) in [4.78, 5) is 35.0. The number of hydrogen-bond donors (Lipinski definition) is 1. The van der Waals surface area contributed by atoms with Crippen LogP contribution in [-0.2, 0) is 5.41 Å². The minimum Gasteiger partial charge on any atom is -0.345 e. The van der Waals surface area contributed by atoms with Gasteiger partial charge in [-0.2, -0.15) is 0 Å². The number of anilines is 1. The normalized spacial score (nSPS) is 17.8. The molecule has 1 atom stereocenters. The Kier molecular flexibility index (Phi) is 7.77. The molecule has 3 heterocycles. The first kappa shape index (κ1) is 27.1. The van der Waals surface area contributed by atoms with Crippen molar-refractivity contribution in [3.8, 4) is 11.3 Å². The lowest BCUT2D eigenvalue weighted by Crippen LogP contribution is -2.37. The molecule has 6 rings (SSSR count). The van der Waals surface area contributed by atoms with Crippen molar-refractivity contribution in [1.29, 1.82) is 0 Å². The van der Waals surface area contributed by atoms with Gasteiger partial charge in [-0.3, -0.25) is 14.8 Å². The Balaban J connectivity index is 1.35. The number of nitrogens with one attached hydrogen (secondary N) is 1. The molecule has 1 saturated heterocycles. The zero-order chi connectivity index (χ0) is 28.2. The summed E-state index contributed by atoms with van der Waals surface area (Å²) < 4.78 is 0. The highest BCUT2D eigenvalue weighted by molar-refractivity contribution is 5.96. The molecule has 2 aliphatic rings. The summed E-state index contributed by atoms with van der Waals surface area (Å²) in [6.07, 6.45) is 13.3. The molecule has 7 nitrogen and oxygen atoms in total. The van der Waals surface area contributed by atoms with Gasteiger partial charge in [0.05, 0.1) is 29.2 Å². The predicted molar refractivity (Wildman–Crippen MR) is 162 cm³/mol. The van der Waals surface area contributed by atoms with Crippen LogP contribution in [0.15, 0.2) is 79.4 Å². The molecule has 1 aliphatic heterocycles. The van der Waals surface area contributed by atoms with Crippen LogP contribution in [0, 0.1) is 5.92 Å². The SMILES string of the molecule is CC1CCN(c2ncc(C(=O)NC(C)c3cccc(-c4cnccn4)c3)c(C3(c4ccccc4)CCCC3)n2)CC1. The smallest absolute Gasteiger partial charge is 0.255 e. The van der Waals surface area contributed by atoms with Crippen LogP contribution in [0.4, 0.5) is 5.95 Å². The Labute approximate surface area is 242 Å². The number of rotatable bonds is 7. The van der Waals surface area contributed by atoms with Crippen molar-refractivity contribution in [3.05, 3.63) is 102 Å². The summed E-state index contributed by atoms with van der Waals surface area (Å²) in [5, 5.41) is 3.26. The van der Waals surface area contributed by atoms with E-state index in [4.69, 9.17) is 9.97 Å². The zero-order valence-corrected chi connectivity index (χ0v) is 24.0. The Morgan fingerprint density at radius 2 is 1.76 bits per heavy atom. The molecule has 210 valence electrons. The van der Waals surface area contributed by atoms with Crippen molar-refractivity contribution in [2.75, 3.05) is 18.0 Å². The molecule has 0 spiro atoms. The molecule has 1 unspecified atom stereocenters. The maximum absolute atomic E-state index is 14.0. The minimum absolute atomic E-state index is 0.140. The summed E-state index contributed by atoms with van der Waals surface area (Å²) in [6.45, 7) is 6.22. The summed E-state index contributed by atoms with van der Waals surface area (Å²) in [6, 6.07) is 18.5. The van der Waals surface area contributed by atoms with Gasteiger partial charge in [0.25, 0.3) is 5.91 Å². The second-order valence-corrected chi connectivity index (χ2v) is 11.7. The van der Waals surface area contributed by atoms with E-state index in [0.29, 0.717) is 5.56 Å². The van der Waals surface area contributed by atoms with Crippen molar-refractivity contribution in [2.45, 2.75) is 63.8 Å². The van der Waals surface area contributed by atoms with E-state index in [1.807, 2.05) is 25.1 Å². The van der Waals surface area contributed by atoms with Gasteiger partial charge >= 0.3 is 0 Å². The summed E-state index contributed by atoms with van der Waals surface area (Å²) in [5.41, 5.74) is 5.14. The second-order valence-electron chi connectivity index (χ2n) is 11.7. The molecule has 0 bridgehead atoms. The molecular formula is C34H38N6O. The van der Waals surface area contributed by atoms with Crippen molar-refractivity contribution in [3.63, 3.8) is 0 Å². The molecule has 41 heavy (non-hydrogen) atoms. The van der Waals surface area contributed by atoms with Crippen LogP contribution in [0.3, 0.4) is 0 Å². The van der Waals surface area contributed by atoms with E-state index in [9.17, 15) is 4.79 Å². The number of nitrogens with zero attached hydrogens (tertiary/aromatic N) is 5. The first-order valence-corrected chi connectivity index (χ1v) is 14.9. The Hall–Kier alpha value is -4.13. The Bertz CT molecular complexity index is 1480. The molecule has 1 N–H and O–H groups in total. The predicted octanol–water partition coefficient (Wildman–Crippen LogP) is 6.52. The summed E-state index contributed by atoms with van der Waals surface area (Å²) in [5.74, 6) is 1.32. The number of carbonyl (C=O) groups excluding carboxylic acids is 1. The van der Waals surface area contributed by atoms with Gasteiger partial charge in [0, 0.05) is 42.7 Å². The van der Waals surface area contributed by atoms with Gasteiger partial charge in [-0.05, 0) is 55.7 Å². The molecule has 7 heteroatoms. The molecule has 1 aliphatic carbocycles. The van der Waals surface area contributed by atoms with Crippen molar-refractivity contribution in [2.24, 2.45) is 5.92 Å². The third-order valence-electron chi connectivity index (χ3n) is 8.92. The van der Waals surface area contributed by atoms with E-state index in [-0.39, 0.29) is 17.4 Å². The highest BCUT2D eigenvalue weighted by Gasteiger charge is 2.42. The number of carbonyl (C=O) groups is 1. The van der Waals surface area contributed by atoms with Crippen molar-refractivity contribution in [1.82, 2.24) is 25.3 Å². The number of amides is 1. The standard InChI is InChI=1S/C34H38N6O/c1-24-13-19-40(20-14-24)33-37-22-29(31(39-33)34(15-6-7-16-34)28-11-4-3-5-12-28)32(41)38-25(2)26-9-8-10-27(21-26)30-23-35-17-18-36-30/h3-5,8-12,17-18,21-25H,6-7,13-16,19-20H2,1-2H3,(H,38,41). The average Bonchev–Trinajstić information content (AvgIpc) is 3.53. The number of piperidine rings is 1. The number of benzene rings is 2. The van der Waals surface area contributed by atoms with E-state index in [0.717, 1.165) is 86.0 Å². The first-order valence-electron chi connectivity index (χ1n) is 14.9. The zero-order valence-electron chi connectivity index (χ0n) is 24.0. The maximum Gasteiger partial charge on any atom is 0.255 e. The molecular weight excluding hydrogens is 508 g/mol. The summed E-state index contributed by atoms with van der Waals surface area (Å²) in [7, 11) is 0. The third-order valence-corrected chi connectivity index (χ3v) is 8.92. The Morgan fingerprint density at radius 3 is 2.49 bits per heavy atom. The highest BCUT2D eigenvalue weighted by Crippen LogP contribution is 2.47. The second kappa shape index (κ2) is 11.8. The lowest BCUT2D eigenvalue weighted by Gasteiger charge is -2.34. The van der Waals surface area contributed by atoms with Crippen LogP contribution in [0.2, 0.25) is 0 Å². The fourth-order valence-electron chi connectivity index (χ4n) is 6.44. The molecule has 1 amide bonds. The minimum atomic E-state index is -0.302. The quantitative estimate of drug-likeness (QED) is 0.284. The number of hydrogen-bond acceptors (Lipinski definition) is 6. The molecule has 4 aromatic rings. The van der Waals surface area contributed by atoms with Crippen LogP contribution in [0.1, 0.15) is 85.6 Å². The lowest BCUT2D eigenvalue weighted by molar-refractivity contribution is 0.0936. The largest absolute Gasteiger partial charge is 0.345 e. The topological polar surface area (TPSA) is 83.9 Å².